The van der Waals surface area contributed by atoms with E-state index in [0.29, 0.717) is 13.2 Å². The summed E-state index contributed by atoms with van der Waals surface area (Å²) in [7, 11) is 0. The van der Waals surface area contributed by atoms with Gasteiger partial charge in [-0.3, -0.25) is 4.79 Å². The molecule has 0 aromatic carbocycles. The second-order valence-corrected chi connectivity index (χ2v) is 1.98. The molecule has 0 saturated carbocycles. The standard InChI is InChI=1S/C7H10O3/c1-2-3-6(8)7-9-4-5-10-7/h2-3,7H,4-5H2,1H3. The quantitative estimate of drug-likeness (QED) is 0.527. The average Bonchev–Trinajstić information content (AvgIpc) is 2.38. The van der Waals surface area contributed by atoms with Crippen molar-refractivity contribution in [2.75, 3.05) is 13.2 Å². The van der Waals surface area contributed by atoms with Gasteiger partial charge in [0, 0.05) is 0 Å². The van der Waals surface area contributed by atoms with Gasteiger partial charge in [-0.1, -0.05) is 6.08 Å². The van der Waals surface area contributed by atoms with Gasteiger partial charge in [0.15, 0.2) is 0 Å². The van der Waals surface area contributed by atoms with E-state index in [4.69, 9.17) is 9.47 Å². The maximum Gasteiger partial charge on any atom is 0.222 e. The van der Waals surface area contributed by atoms with Crippen molar-refractivity contribution in [2.45, 2.75) is 13.2 Å². The number of hydrogen-bond acceptors (Lipinski definition) is 3. The number of allylic oxidation sites excluding steroid dienone is 1. The maximum absolute atomic E-state index is 10.9. The van der Waals surface area contributed by atoms with Gasteiger partial charge in [0.25, 0.3) is 0 Å². The van der Waals surface area contributed by atoms with Crippen molar-refractivity contribution in [1.29, 1.82) is 0 Å². The van der Waals surface area contributed by atoms with Crippen LogP contribution in [0.4, 0.5) is 0 Å². The van der Waals surface area contributed by atoms with Crippen LogP contribution >= 0.6 is 0 Å². The summed E-state index contributed by atoms with van der Waals surface area (Å²) in [5.41, 5.74) is 0. The lowest BCUT2D eigenvalue weighted by molar-refractivity contribution is -0.138. The van der Waals surface area contributed by atoms with E-state index in [1.165, 1.54) is 6.08 Å². The molecule has 3 nitrogen and oxygen atoms in total. The largest absolute Gasteiger partial charge is 0.343 e. The smallest absolute Gasteiger partial charge is 0.222 e. The molecule has 1 saturated heterocycles. The van der Waals surface area contributed by atoms with E-state index in [0.717, 1.165) is 0 Å². The Labute approximate surface area is 59.6 Å². The monoisotopic (exact) mass is 142 g/mol. The van der Waals surface area contributed by atoms with E-state index >= 15 is 0 Å². The van der Waals surface area contributed by atoms with Crippen LogP contribution in [-0.2, 0) is 14.3 Å². The zero-order valence-electron chi connectivity index (χ0n) is 5.87. The number of rotatable bonds is 2. The second kappa shape index (κ2) is 3.49. The van der Waals surface area contributed by atoms with E-state index in [9.17, 15) is 4.79 Å². The van der Waals surface area contributed by atoms with Gasteiger partial charge in [0.1, 0.15) is 0 Å². The minimum absolute atomic E-state index is 0.111. The fraction of sp³-hybridized carbons (Fsp3) is 0.571. The highest BCUT2D eigenvalue weighted by Gasteiger charge is 2.21. The third-order valence-corrected chi connectivity index (χ3v) is 1.19. The normalized spacial score (nSPS) is 20.5. The van der Waals surface area contributed by atoms with Crippen molar-refractivity contribution in [2.24, 2.45) is 0 Å². The molecule has 1 aliphatic heterocycles. The topological polar surface area (TPSA) is 35.5 Å². The first-order chi connectivity index (χ1) is 4.84. The molecule has 1 rings (SSSR count). The number of carbonyl (C=O) groups excluding carboxylic acids is 1. The molecule has 1 heterocycles. The van der Waals surface area contributed by atoms with Gasteiger partial charge in [-0.05, 0) is 13.0 Å². The number of hydrogen-bond donors (Lipinski definition) is 0. The molecule has 10 heavy (non-hydrogen) atoms. The van der Waals surface area contributed by atoms with Gasteiger partial charge >= 0.3 is 0 Å². The fourth-order valence-electron chi connectivity index (χ4n) is 0.766. The summed E-state index contributed by atoms with van der Waals surface area (Å²) in [5.74, 6) is -0.111. The fourth-order valence-corrected chi connectivity index (χ4v) is 0.766. The minimum atomic E-state index is -0.642. The molecular formula is C7H10O3. The Kier molecular flexibility index (Phi) is 2.59. The van der Waals surface area contributed by atoms with Crippen molar-refractivity contribution in [3.63, 3.8) is 0 Å². The van der Waals surface area contributed by atoms with Gasteiger partial charge in [0.2, 0.25) is 12.1 Å². The first-order valence-electron chi connectivity index (χ1n) is 3.24. The van der Waals surface area contributed by atoms with Gasteiger partial charge < -0.3 is 9.47 Å². The molecular weight excluding hydrogens is 132 g/mol. The van der Waals surface area contributed by atoms with E-state index in [1.807, 2.05) is 0 Å². The Hall–Kier alpha value is -0.670. The van der Waals surface area contributed by atoms with Gasteiger partial charge in [-0.2, -0.15) is 0 Å². The van der Waals surface area contributed by atoms with Crippen LogP contribution in [0, 0.1) is 0 Å². The molecule has 0 N–H and O–H groups in total. The molecule has 0 aliphatic carbocycles. The Bertz CT molecular complexity index is 145. The number of ketones is 1. The summed E-state index contributed by atoms with van der Waals surface area (Å²) in [6.45, 7) is 2.83. The van der Waals surface area contributed by atoms with E-state index in [2.05, 4.69) is 0 Å². The molecule has 3 heteroatoms. The van der Waals surface area contributed by atoms with Crippen LogP contribution in [-0.4, -0.2) is 25.3 Å². The van der Waals surface area contributed by atoms with E-state index in [-0.39, 0.29) is 5.78 Å². The van der Waals surface area contributed by atoms with Crippen molar-refractivity contribution in [3.05, 3.63) is 12.2 Å². The molecule has 0 aromatic heterocycles. The average molecular weight is 142 g/mol. The van der Waals surface area contributed by atoms with E-state index < -0.39 is 6.29 Å². The predicted octanol–water partition coefficient (Wildman–Crippen LogP) is 0.504. The predicted molar refractivity (Wildman–Crippen MR) is 35.5 cm³/mol. The van der Waals surface area contributed by atoms with Crippen LogP contribution in [0.1, 0.15) is 6.92 Å². The number of ether oxygens (including phenoxy) is 2. The molecule has 0 aromatic rings. The summed E-state index contributed by atoms with van der Waals surface area (Å²) in [4.78, 5) is 10.9. The zero-order chi connectivity index (χ0) is 7.40. The van der Waals surface area contributed by atoms with Crippen LogP contribution in [0.25, 0.3) is 0 Å². The van der Waals surface area contributed by atoms with Crippen LogP contribution < -0.4 is 0 Å². The second-order valence-electron chi connectivity index (χ2n) is 1.98. The first kappa shape index (κ1) is 7.44. The highest BCUT2D eigenvalue weighted by molar-refractivity contribution is 5.92. The highest BCUT2D eigenvalue weighted by atomic mass is 16.7. The van der Waals surface area contributed by atoms with Crippen molar-refractivity contribution >= 4 is 5.78 Å². The lowest BCUT2D eigenvalue weighted by atomic mass is 10.3. The molecule has 56 valence electrons. The van der Waals surface area contributed by atoms with Crippen LogP contribution in [0.3, 0.4) is 0 Å². The first-order valence-corrected chi connectivity index (χ1v) is 3.24. The van der Waals surface area contributed by atoms with Crippen LogP contribution in [0.2, 0.25) is 0 Å². The van der Waals surface area contributed by atoms with E-state index in [1.54, 1.807) is 13.0 Å². The summed E-state index contributed by atoms with van der Waals surface area (Å²) >= 11 is 0. The summed E-state index contributed by atoms with van der Waals surface area (Å²) < 4.78 is 9.89. The lowest BCUT2D eigenvalue weighted by Crippen LogP contribution is -2.18. The third kappa shape index (κ3) is 1.65. The molecule has 0 amide bonds. The molecule has 1 fully saturated rings. The molecule has 0 unspecified atom stereocenters. The Morgan fingerprint density at radius 3 is 2.60 bits per heavy atom. The summed E-state index contributed by atoms with van der Waals surface area (Å²) in [6, 6.07) is 0. The summed E-state index contributed by atoms with van der Waals surface area (Å²) in [5, 5.41) is 0. The Balaban J connectivity index is 2.40. The number of carbonyl (C=O) groups is 1. The molecule has 0 bridgehead atoms. The molecule has 0 atom stereocenters. The highest BCUT2D eigenvalue weighted by Crippen LogP contribution is 2.04. The Morgan fingerprint density at radius 2 is 2.10 bits per heavy atom. The van der Waals surface area contributed by atoms with Crippen LogP contribution in [0.15, 0.2) is 12.2 Å². The molecule has 1 aliphatic rings. The maximum atomic E-state index is 10.9. The molecule has 0 radical (unpaired) electrons. The van der Waals surface area contributed by atoms with Crippen molar-refractivity contribution in [1.82, 2.24) is 0 Å². The van der Waals surface area contributed by atoms with Gasteiger partial charge in [0.05, 0.1) is 13.2 Å². The minimum Gasteiger partial charge on any atom is -0.343 e. The van der Waals surface area contributed by atoms with Crippen LogP contribution in [0.5, 0.6) is 0 Å². The van der Waals surface area contributed by atoms with Crippen molar-refractivity contribution in [3.8, 4) is 0 Å². The molecule has 0 spiro atoms. The van der Waals surface area contributed by atoms with Gasteiger partial charge in [-0.25, -0.2) is 0 Å². The third-order valence-electron chi connectivity index (χ3n) is 1.19. The van der Waals surface area contributed by atoms with Gasteiger partial charge in [-0.15, -0.1) is 0 Å². The Morgan fingerprint density at radius 1 is 1.50 bits per heavy atom. The lowest BCUT2D eigenvalue weighted by Gasteiger charge is -2.01. The zero-order valence-corrected chi connectivity index (χ0v) is 5.87. The van der Waals surface area contributed by atoms with Crippen molar-refractivity contribution < 1.29 is 14.3 Å². The summed E-state index contributed by atoms with van der Waals surface area (Å²) in [6.07, 6.45) is 2.49. The SMILES string of the molecule is CC=CC(=O)C1OCCO1.